The summed E-state index contributed by atoms with van der Waals surface area (Å²) >= 11 is 5.58. The van der Waals surface area contributed by atoms with E-state index in [1.807, 2.05) is 17.5 Å². The summed E-state index contributed by atoms with van der Waals surface area (Å²) in [5.41, 5.74) is -3.14. The van der Waals surface area contributed by atoms with Gasteiger partial charge in [0.1, 0.15) is 0 Å². The average Bonchev–Trinajstić information content (AvgIpc) is 4.08. The number of rotatable bonds is 25. The summed E-state index contributed by atoms with van der Waals surface area (Å²) < 4.78 is 153. The Morgan fingerprint density at radius 1 is 0.406 bits per heavy atom. The molecule has 0 saturated heterocycles. The second kappa shape index (κ2) is 22.7. The molecule has 0 aliphatic carbocycles. The summed E-state index contributed by atoms with van der Waals surface area (Å²) in [6.45, 7) is 4.18. The molecule has 0 saturated carbocycles. The van der Waals surface area contributed by atoms with Crippen LogP contribution in [0, 0.1) is 0 Å². The maximum absolute atomic E-state index is 15.9. The zero-order valence-corrected chi connectivity index (χ0v) is 42.2. The Kier molecular flexibility index (Phi) is 18.1. The minimum atomic E-state index is -5.39. The highest BCUT2D eigenvalue weighted by Crippen LogP contribution is 2.59. The standard InChI is InChI=1S/C46H52F6O4S8/c1-3-5-7-9-11-13-15-17-29-63(53,54)43-38(46(50,51)52)41(62-40(43)36-26-24-34(60-36)32-22-20-28-58-32)42-44(64(55,56)30-18-16-14-12-10-8-6-4-2)37(45(47,48)49)39(61-42)35-25-23-33(59-35)31-21-19-27-57-31/h19-28H,3-18,29-30H2,1-2H3. The molecule has 0 N–H and O–H groups in total. The largest absolute Gasteiger partial charge is 0.419 e. The fourth-order valence-corrected chi connectivity index (χ4v) is 18.8. The predicted octanol–water partition coefficient (Wildman–Crippen LogP) is 18.3. The SMILES string of the molecule is CCCCCCCCCCS(=O)(=O)c1c(-c2ccc(-c3cccs3)s2)sc(-c2sc(-c3ccc(-c4cccs4)s3)c(C(F)(F)F)c2S(=O)(=O)CCCCCCCCCC)c1C(F)(F)F. The molecule has 0 radical (unpaired) electrons. The smallest absolute Gasteiger partial charge is 0.224 e. The van der Waals surface area contributed by atoms with Gasteiger partial charge in [-0.05, 0) is 60.0 Å². The van der Waals surface area contributed by atoms with E-state index in [4.69, 9.17) is 0 Å². The third-order valence-corrected chi connectivity index (χ3v) is 22.0. The molecule has 4 nitrogen and oxygen atoms in total. The molecule has 0 unspecified atom stereocenters. The summed E-state index contributed by atoms with van der Waals surface area (Å²) in [6.07, 6.45) is 1.57. The van der Waals surface area contributed by atoms with Gasteiger partial charge in [0.2, 0.25) is 0 Å². The molecule has 0 aliphatic heterocycles. The van der Waals surface area contributed by atoms with Crippen molar-refractivity contribution in [2.75, 3.05) is 11.5 Å². The van der Waals surface area contributed by atoms with Crippen LogP contribution in [0.2, 0.25) is 0 Å². The molecule has 6 aromatic heterocycles. The molecule has 0 spiro atoms. The second-order valence-corrected chi connectivity index (χ2v) is 26.0. The van der Waals surface area contributed by atoms with E-state index in [0.717, 1.165) is 96.6 Å². The number of sulfone groups is 2. The summed E-state index contributed by atoms with van der Waals surface area (Å²) in [4.78, 5) is -1.51. The average molecular weight is 1040 g/mol. The number of halogens is 6. The van der Waals surface area contributed by atoms with E-state index in [1.54, 1.807) is 29.6 Å². The van der Waals surface area contributed by atoms with Crippen molar-refractivity contribution in [2.45, 2.75) is 139 Å². The number of hydrogen-bond acceptors (Lipinski definition) is 10. The minimum Gasteiger partial charge on any atom is -0.224 e. The van der Waals surface area contributed by atoms with Crippen LogP contribution in [0.25, 0.3) is 48.8 Å². The van der Waals surface area contributed by atoms with Crippen molar-refractivity contribution in [1.29, 1.82) is 0 Å². The van der Waals surface area contributed by atoms with Gasteiger partial charge >= 0.3 is 12.4 Å². The third-order valence-electron chi connectivity index (χ3n) is 10.8. The van der Waals surface area contributed by atoms with Gasteiger partial charge in [0, 0.05) is 29.3 Å². The van der Waals surface area contributed by atoms with Crippen molar-refractivity contribution in [3.8, 4) is 48.8 Å². The molecule has 350 valence electrons. The van der Waals surface area contributed by atoms with E-state index in [9.17, 15) is 16.8 Å². The highest BCUT2D eigenvalue weighted by molar-refractivity contribution is 7.92. The highest BCUT2D eigenvalue weighted by Gasteiger charge is 2.49. The maximum atomic E-state index is 15.9. The van der Waals surface area contributed by atoms with Gasteiger partial charge in [0.25, 0.3) is 0 Å². The van der Waals surface area contributed by atoms with Crippen LogP contribution in [0.4, 0.5) is 26.3 Å². The van der Waals surface area contributed by atoms with Gasteiger partial charge in [0.15, 0.2) is 19.7 Å². The van der Waals surface area contributed by atoms with Crippen molar-refractivity contribution in [3.05, 3.63) is 70.4 Å². The molecule has 6 heterocycles. The molecule has 0 amide bonds. The molecule has 0 atom stereocenters. The van der Waals surface area contributed by atoms with Crippen molar-refractivity contribution < 1.29 is 43.2 Å². The number of hydrogen-bond donors (Lipinski definition) is 0. The van der Waals surface area contributed by atoms with Crippen LogP contribution in [0.15, 0.2) is 69.1 Å². The van der Waals surface area contributed by atoms with Gasteiger partial charge in [0.05, 0.1) is 51.9 Å². The Morgan fingerprint density at radius 2 is 0.766 bits per heavy atom. The molecule has 0 aliphatic rings. The Balaban J connectivity index is 1.54. The van der Waals surface area contributed by atoms with Crippen LogP contribution in [-0.2, 0) is 32.0 Å². The molecule has 0 fully saturated rings. The first-order valence-corrected chi connectivity index (χ1v) is 30.0. The lowest BCUT2D eigenvalue weighted by Gasteiger charge is -2.15. The lowest BCUT2D eigenvalue weighted by atomic mass is 10.1. The van der Waals surface area contributed by atoms with Crippen LogP contribution in [0.5, 0.6) is 0 Å². The molecule has 18 heteroatoms. The summed E-state index contributed by atoms with van der Waals surface area (Å²) in [7, 11) is -9.64. The molecule has 0 bridgehead atoms. The first-order chi connectivity index (χ1) is 30.5. The van der Waals surface area contributed by atoms with E-state index in [-0.39, 0.29) is 27.5 Å². The van der Waals surface area contributed by atoms with Crippen molar-refractivity contribution in [2.24, 2.45) is 0 Å². The van der Waals surface area contributed by atoms with Gasteiger partial charge in [-0.25, -0.2) is 16.8 Å². The molecular formula is C46H52F6O4S8. The normalized spacial score (nSPS) is 12.8. The maximum Gasteiger partial charge on any atom is 0.419 e. The first kappa shape index (κ1) is 51.1. The van der Waals surface area contributed by atoms with Gasteiger partial charge in [-0.1, -0.05) is 116 Å². The molecule has 6 rings (SSSR count). The Morgan fingerprint density at radius 3 is 1.17 bits per heavy atom. The summed E-state index contributed by atoms with van der Waals surface area (Å²) in [5, 5.41) is 3.64. The lowest BCUT2D eigenvalue weighted by Crippen LogP contribution is -2.17. The molecular weight excluding hydrogens is 987 g/mol. The molecule has 0 aromatic carbocycles. The Labute approximate surface area is 397 Å². The van der Waals surface area contributed by atoms with Crippen molar-refractivity contribution in [3.63, 3.8) is 0 Å². The van der Waals surface area contributed by atoms with Crippen LogP contribution in [-0.4, -0.2) is 28.3 Å². The van der Waals surface area contributed by atoms with E-state index in [0.29, 0.717) is 58.1 Å². The lowest BCUT2D eigenvalue weighted by molar-refractivity contribution is -0.139. The fourth-order valence-electron chi connectivity index (χ4n) is 7.66. The first-order valence-electron chi connectivity index (χ1n) is 21.7. The summed E-state index contributed by atoms with van der Waals surface area (Å²) in [6, 6.07) is 13.5. The van der Waals surface area contributed by atoms with Crippen molar-refractivity contribution in [1.82, 2.24) is 0 Å². The van der Waals surface area contributed by atoms with Gasteiger partial charge < -0.3 is 0 Å². The monoisotopic (exact) mass is 1040 g/mol. The summed E-state index contributed by atoms with van der Waals surface area (Å²) in [5.74, 6) is -1.32. The van der Waals surface area contributed by atoms with Gasteiger partial charge in [-0.3, -0.25) is 0 Å². The van der Waals surface area contributed by atoms with E-state index >= 15 is 26.3 Å². The van der Waals surface area contributed by atoms with Gasteiger partial charge in [-0.15, -0.1) is 68.0 Å². The fraction of sp³-hybridized carbons (Fsp3) is 0.478. The van der Waals surface area contributed by atoms with Crippen LogP contribution < -0.4 is 0 Å². The zero-order valence-electron chi connectivity index (χ0n) is 35.7. The van der Waals surface area contributed by atoms with Gasteiger partial charge in [-0.2, -0.15) is 26.3 Å². The second-order valence-electron chi connectivity index (χ2n) is 15.8. The van der Waals surface area contributed by atoms with Crippen molar-refractivity contribution >= 4 is 87.7 Å². The van der Waals surface area contributed by atoms with E-state index in [1.165, 1.54) is 34.8 Å². The van der Waals surface area contributed by atoms with Crippen LogP contribution in [0.3, 0.4) is 0 Å². The molecule has 6 aromatic rings. The molecule has 64 heavy (non-hydrogen) atoms. The number of alkyl halides is 6. The number of thiophene rings is 6. The van der Waals surface area contributed by atoms with Crippen LogP contribution >= 0.6 is 68.0 Å². The van der Waals surface area contributed by atoms with Crippen LogP contribution in [0.1, 0.15) is 128 Å². The topological polar surface area (TPSA) is 68.3 Å². The Hall–Kier alpha value is -2.32. The highest BCUT2D eigenvalue weighted by atomic mass is 32.2. The predicted molar refractivity (Wildman–Crippen MR) is 260 cm³/mol. The Bertz CT molecular complexity index is 2610. The third kappa shape index (κ3) is 12.6. The minimum absolute atomic E-state index is 0.0142. The van der Waals surface area contributed by atoms with E-state index in [2.05, 4.69) is 13.8 Å². The van der Waals surface area contributed by atoms with E-state index < -0.39 is 79.1 Å². The number of unbranched alkanes of at least 4 members (excludes halogenated alkanes) is 14. The quantitative estimate of drug-likeness (QED) is 0.0423. The zero-order chi connectivity index (χ0) is 46.1.